The molecule has 1 aliphatic rings. The van der Waals surface area contributed by atoms with Crippen molar-refractivity contribution in [1.82, 2.24) is 15.1 Å². The summed E-state index contributed by atoms with van der Waals surface area (Å²) in [4.78, 5) is 29.3. The van der Waals surface area contributed by atoms with Crippen molar-refractivity contribution in [2.24, 2.45) is 5.41 Å². The van der Waals surface area contributed by atoms with E-state index in [1.54, 1.807) is 16.7 Å². The first-order valence-corrected chi connectivity index (χ1v) is 10.7. The van der Waals surface area contributed by atoms with Gasteiger partial charge in [0.05, 0.1) is 5.88 Å². The second-order valence-electron chi connectivity index (χ2n) is 8.20. The van der Waals surface area contributed by atoms with Crippen LogP contribution in [0.1, 0.15) is 60.8 Å². The van der Waals surface area contributed by atoms with Crippen molar-refractivity contribution < 1.29 is 9.59 Å². The van der Waals surface area contributed by atoms with Gasteiger partial charge in [-0.1, -0.05) is 34.6 Å². The summed E-state index contributed by atoms with van der Waals surface area (Å²) in [6.45, 7) is 15.8. The van der Waals surface area contributed by atoms with Crippen LogP contribution in [0.4, 0.5) is 0 Å². The Hall–Kier alpha value is -0.750. The average molecular weight is 372 g/mol. The van der Waals surface area contributed by atoms with E-state index in [9.17, 15) is 9.59 Å². The van der Waals surface area contributed by atoms with Crippen molar-refractivity contribution in [3.8, 4) is 0 Å². The van der Waals surface area contributed by atoms with E-state index in [4.69, 9.17) is 0 Å². The molecule has 2 amide bonds. The lowest BCUT2D eigenvalue weighted by Gasteiger charge is -2.28. The van der Waals surface area contributed by atoms with Gasteiger partial charge >= 0.3 is 0 Å². The number of nitrogens with zero attached hydrogens (tertiary/aromatic N) is 2. The number of nitrogens with one attached hydrogen (secondary N) is 1. The third kappa shape index (κ3) is 7.99. The highest BCUT2D eigenvalue weighted by atomic mass is 32.2. The zero-order valence-corrected chi connectivity index (χ0v) is 17.7. The molecule has 6 heteroatoms. The molecule has 0 aromatic rings. The van der Waals surface area contributed by atoms with E-state index >= 15 is 0 Å². The summed E-state index contributed by atoms with van der Waals surface area (Å²) in [7, 11) is 0. The third-order valence-electron chi connectivity index (χ3n) is 4.58. The third-order valence-corrected chi connectivity index (χ3v) is 5.59. The number of hydrogen-bond acceptors (Lipinski definition) is 4. The van der Waals surface area contributed by atoms with Crippen molar-refractivity contribution in [3.05, 3.63) is 0 Å². The van der Waals surface area contributed by atoms with Crippen LogP contribution < -0.4 is 5.32 Å². The second-order valence-corrected chi connectivity index (χ2v) is 9.20. The van der Waals surface area contributed by atoms with Crippen LogP contribution in [0.3, 0.4) is 0 Å². The fraction of sp³-hybridized carbons (Fsp3) is 0.895. The molecule has 0 saturated carbocycles. The Balaban J connectivity index is 2.45. The minimum atomic E-state index is -0.315. The number of thioether (sulfide) groups is 1. The molecule has 2 atom stereocenters. The predicted octanol–water partition coefficient (Wildman–Crippen LogP) is 2.95. The Morgan fingerprint density at radius 3 is 2.48 bits per heavy atom. The maximum Gasteiger partial charge on any atom is 0.243 e. The smallest absolute Gasteiger partial charge is 0.243 e. The summed E-state index contributed by atoms with van der Waals surface area (Å²) in [5.74, 6) is 1.42. The first-order valence-electron chi connectivity index (χ1n) is 9.57. The number of rotatable bonds is 9. The zero-order valence-electron chi connectivity index (χ0n) is 16.9. The quantitative estimate of drug-likeness (QED) is 0.677. The van der Waals surface area contributed by atoms with Crippen LogP contribution in [0.25, 0.3) is 0 Å². The average Bonchev–Trinajstić information content (AvgIpc) is 2.99. The predicted molar refractivity (Wildman–Crippen MR) is 107 cm³/mol. The van der Waals surface area contributed by atoms with Crippen molar-refractivity contribution in [2.75, 3.05) is 31.3 Å². The van der Waals surface area contributed by atoms with Gasteiger partial charge in [0, 0.05) is 18.2 Å². The summed E-state index contributed by atoms with van der Waals surface area (Å²) in [6.07, 6.45) is 2.53. The summed E-state index contributed by atoms with van der Waals surface area (Å²) < 4.78 is 0. The molecule has 0 spiro atoms. The Kier molecular flexibility index (Phi) is 9.28. The Morgan fingerprint density at radius 1 is 1.28 bits per heavy atom. The topological polar surface area (TPSA) is 52.7 Å². The molecule has 1 fully saturated rings. The Bertz CT molecular complexity index is 433. The lowest BCUT2D eigenvalue weighted by Crippen LogP contribution is -2.50. The highest BCUT2D eigenvalue weighted by molar-refractivity contribution is 7.99. The van der Waals surface area contributed by atoms with Crippen LogP contribution in [0.2, 0.25) is 0 Å². The van der Waals surface area contributed by atoms with E-state index in [1.165, 1.54) is 0 Å². The Morgan fingerprint density at radius 2 is 1.92 bits per heavy atom. The first-order chi connectivity index (χ1) is 11.7. The standard InChI is InChI=1S/C19H37N3O2S/c1-7-21(8-2)11-9-10-15(3)20-18(24)16-13-25-14-22(16)17(23)12-19(4,5)6/h15-16H,7-14H2,1-6H3,(H,20,24). The van der Waals surface area contributed by atoms with Crippen LogP contribution >= 0.6 is 11.8 Å². The molecule has 1 rings (SSSR count). The van der Waals surface area contributed by atoms with E-state index in [-0.39, 0.29) is 29.3 Å². The molecule has 1 saturated heterocycles. The van der Waals surface area contributed by atoms with E-state index < -0.39 is 0 Å². The van der Waals surface area contributed by atoms with Crippen LogP contribution in [0, 0.1) is 5.41 Å². The van der Waals surface area contributed by atoms with Gasteiger partial charge in [-0.3, -0.25) is 9.59 Å². The maximum absolute atomic E-state index is 12.6. The molecular formula is C19H37N3O2S. The van der Waals surface area contributed by atoms with Crippen molar-refractivity contribution in [2.45, 2.75) is 72.9 Å². The summed E-state index contributed by atoms with van der Waals surface area (Å²) in [6, 6.07) is -0.168. The lowest BCUT2D eigenvalue weighted by atomic mass is 9.91. The van der Waals surface area contributed by atoms with Crippen LogP contribution in [0.5, 0.6) is 0 Å². The van der Waals surface area contributed by atoms with Crippen LogP contribution in [-0.4, -0.2) is 65.0 Å². The number of amides is 2. The zero-order chi connectivity index (χ0) is 19.0. The van der Waals surface area contributed by atoms with Gasteiger partial charge in [-0.05, 0) is 44.8 Å². The molecule has 5 nitrogen and oxygen atoms in total. The minimum absolute atomic E-state index is 0.00241. The highest BCUT2D eigenvalue weighted by Crippen LogP contribution is 2.26. The SMILES string of the molecule is CCN(CC)CCCC(C)NC(=O)C1CSCN1C(=O)CC(C)(C)C. The summed E-state index contributed by atoms with van der Waals surface area (Å²) in [5.41, 5.74) is -0.0525. The van der Waals surface area contributed by atoms with Gasteiger partial charge in [-0.15, -0.1) is 11.8 Å². The van der Waals surface area contributed by atoms with Gasteiger partial charge in [0.2, 0.25) is 11.8 Å². The fourth-order valence-electron chi connectivity index (χ4n) is 3.03. The Labute approximate surface area is 158 Å². The number of carbonyl (C=O) groups is 2. The molecule has 0 aliphatic carbocycles. The summed E-state index contributed by atoms with van der Waals surface area (Å²) >= 11 is 1.67. The molecule has 1 aliphatic heterocycles. The molecule has 146 valence electrons. The lowest BCUT2D eigenvalue weighted by molar-refractivity contribution is -0.139. The van der Waals surface area contributed by atoms with Crippen molar-refractivity contribution in [3.63, 3.8) is 0 Å². The number of hydrogen-bond donors (Lipinski definition) is 1. The van der Waals surface area contributed by atoms with Gasteiger partial charge < -0.3 is 15.1 Å². The molecule has 1 heterocycles. The molecular weight excluding hydrogens is 334 g/mol. The van der Waals surface area contributed by atoms with Crippen LogP contribution in [-0.2, 0) is 9.59 Å². The van der Waals surface area contributed by atoms with Gasteiger partial charge in [0.25, 0.3) is 0 Å². The van der Waals surface area contributed by atoms with Gasteiger partial charge in [0.15, 0.2) is 0 Å². The van der Waals surface area contributed by atoms with Gasteiger partial charge in [0.1, 0.15) is 6.04 Å². The molecule has 0 aromatic carbocycles. The van der Waals surface area contributed by atoms with E-state index in [2.05, 4.69) is 51.8 Å². The van der Waals surface area contributed by atoms with E-state index in [0.717, 1.165) is 32.5 Å². The molecule has 1 N–H and O–H groups in total. The van der Waals surface area contributed by atoms with Crippen molar-refractivity contribution >= 4 is 23.6 Å². The normalized spacial score (nSPS) is 19.3. The minimum Gasteiger partial charge on any atom is -0.352 e. The van der Waals surface area contributed by atoms with Gasteiger partial charge in [-0.25, -0.2) is 0 Å². The first kappa shape index (κ1) is 22.3. The van der Waals surface area contributed by atoms with Gasteiger partial charge in [-0.2, -0.15) is 0 Å². The maximum atomic E-state index is 12.6. The monoisotopic (exact) mass is 371 g/mol. The largest absolute Gasteiger partial charge is 0.352 e. The van der Waals surface area contributed by atoms with E-state index in [1.807, 2.05) is 0 Å². The second kappa shape index (κ2) is 10.4. The molecule has 0 bridgehead atoms. The summed E-state index contributed by atoms with van der Waals surface area (Å²) in [5, 5.41) is 3.11. The van der Waals surface area contributed by atoms with Crippen molar-refractivity contribution in [1.29, 1.82) is 0 Å². The fourth-order valence-corrected chi connectivity index (χ4v) is 4.21. The number of carbonyl (C=O) groups excluding carboxylic acids is 2. The van der Waals surface area contributed by atoms with E-state index in [0.29, 0.717) is 18.1 Å². The van der Waals surface area contributed by atoms with Crippen LogP contribution in [0.15, 0.2) is 0 Å². The molecule has 0 aromatic heterocycles. The molecule has 0 radical (unpaired) electrons. The molecule has 25 heavy (non-hydrogen) atoms. The highest BCUT2D eigenvalue weighted by Gasteiger charge is 2.36. The molecule has 2 unspecified atom stereocenters.